The third kappa shape index (κ3) is 30.6. The van der Waals surface area contributed by atoms with Gasteiger partial charge in [-0.1, -0.05) is 133 Å². The second-order valence-electron chi connectivity index (χ2n) is 10.4. The zero-order valence-corrected chi connectivity index (χ0v) is 24.1. The van der Waals surface area contributed by atoms with E-state index in [0.29, 0.717) is 0 Å². The topological polar surface area (TPSA) is 20.2 Å². The molecule has 0 amide bonds. The van der Waals surface area contributed by atoms with Crippen molar-refractivity contribution in [1.29, 1.82) is 0 Å². The molecule has 0 aliphatic carbocycles. The summed E-state index contributed by atoms with van der Waals surface area (Å²) < 4.78 is 0. The summed E-state index contributed by atoms with van der Waals surface area (Å²) in [6.45, 7) is 2.29. The maximum absolute atomic E-state index is 9.30. The maximum atomic E-state index is 9.30. The van der Waals surface area contributed by atoms with E-state index in [1.165, 1.54) is 109 Å². The molecule has 36 heavy (non-hydrogen) atoms. The molecule has 0 aromatic rings. The molecule has 0 aliphatic heterocycles. The van der Waals surface area contributed by atoms with Crippen LogP contribution in [0.4, 0.5) is 0 Å². The number of hydrogen-bond donors (Lipinski definition) is 1. The Balaban J connectivity index is 3.25. The molecule has 1 nitrogen and oxygen atoms in total. The van der Waals surface area contributed by atoms with Crippen molar-refractivity contribution in [3.8, 4) is 24.2 Å². The van der Waals surface area contributed by atoms with E-state index in [-0.39, 0.29) is 0 Å². The van der Waals surface area contributed by atoms with Crippen molar-refractivity contribution in [3.63, 3.8) is 0 Å². The van der Waals surface area contributed by atoms with Crippen LogP contribution in [0.3, 0.4) is 0 Å². The Hall–Kier alpha value is -1.44. The Kier molecular flexibility index (Phi) is 30.3. The van der Waals surface area contributed by atoms with Crippen LogP contribution in [0.2, 0.25) is 0 Å². The summed E-state index contributed by atoms with van der Waals surface area (Å²) in [5.41, 5.74) is 0. The summed E-state index contributed by atoms with van der Waals surface area (Å²) in [6, 6.07) is 0. The molecule has 0 saturated heterocycles. The van der Waals surface area contributed by atoms with E-state index in [0.717, 1.165) is 51.4 Å². The highest BCUT2D eigenvalue weighted by Gasteiger charge is 1.97. The van der Waals surface area contributed by atoms with Crippen LogP contribution in [-0.2, 0) is 0 Å². The average molecular weight is 497 g/mol. The fourth-order valence-corrected chi connectivity index (χ4v) is 4.44. The van der Waals surface area contributed by atoms with Gasteiger partial charge in [0.2, 0.25) is 0 Å². The van der Waals surface area contributed by atoms with Crippen molar-refractivity contribution < 1.29 is 5.11 Å². The van der Waals surface area contributed by atoms with Crippen molar-refractivity contribution in [2.45, 2.75) is 174 Å². The largest absolute Gasteiger partial charge is 0.380 e. The number of aliphatic hydroxyl groups is 1. The molecule has 0 spiro atoms. The highest BCUT2D eigenvalue weighted by Crippen LogP contribution is 2.13. The molecular formula is C35H60O. The second-order valence-corrected chi connectivity index (χ2v) is 10.4. The molecule has 1 N–H and O–H groups in total. The summed E-state index contributed by atoms with van der Waals surface area (Å²) in [7, 11) is 0. The summed E-state index contributed by atoms with van der Waals surface area (Å²) in [5, 5.41) is 9.30. The average Bonchev–Trinajstić information content (AvgIpc) is 2.89. The summed E-state index contributed by atoms with van der Waals surface area (Å²) >= 11 is 0. The fraction of sp³-hybridized carbons (Fsp3) is 0.771. The lowest BCUT2D eigenvalue weighted by molar-refractivity contribution is 0.217. The fourth-order valence-electron chi connectivity index (χ4n) is 4.44. The van der Waals surface area contributed by atoms with Gasteiger partial charge in [-0.25, -0.2) is 0 Å². The zero-order chi connectivity index (χ0) is 26.2. The number of terminal acetylenes is 1. The third-order valence-corrected chi connectivity index (χ3v) is 6.84. The molecule has 0 rings (SSSR count). The van der Waals surface area contributed by atoms with E-state index in [4.69, 9.17) is 6.42 Å². The minimum absolute atomic E-state index is 0.562. The molecule has 1 atom stereocenters. The molecule has 0 radical (unpaired) electrons. The number of allylic oxidation sites excluding steroid dienone is 4. The van der Waals surface area contributed by atoms with Crippen LogP contribution >= 0.6 is 0 Å². The molecule has 1 unspecified atom stereocenters. The lowest BCUT2D eigenvalue weighted by Gasteiger charge is -2.02. The van der Waals surface area contributed by atoms with Crippen LogP contribution in [0.1, 0.15) is 167 Å². The molecule has 0 aromatic heterocycles. The Morgan fingerprint density at radius 3 is 1.56 bits per heavy atom. The quantitative estimate of drug-likeness (QED) is 0.0717. The van der Waals surface area contributed by atoms with Gasteiger partial charge in [0, 0.05) is 12.8 Å². The van der Waals surface area contributed by atoms with Crippen molar-refractivity contribution in [3.05, 3.63) is 24.3 Å². The van der Waals surface area contributed by atoms with Gasteiger partial charge in [0.05, 0.1) is 0 Å². The minimum atomic E-state index is -0.562. The molecule has 0 bridgehead atoms. The molecule has 0 aromatic carbocycles. The van der Waals surface area contributed by atoms with Gasteiger partial charge in [-0.05, 0) is 51.4 Å². The zero-order valence-electron chi connectivity index (χ0n) is 24.1. The van der Waals surface area contributed by atoms with Gasteiger partial charge in [-0.3, -0.25) is 0 Å². The molecule has 0 fully saturated rings. The number of hydrogen-bond acceptors (Lipinski definition) is 1. The monoisotopic (exact) mass is 496 g/mol. The lowest BCUT2D eigenvalue weighted by atomic mass is 10.0. The smallest absolute Gasteiger partial charge is 0.114 e. The highest BCUT2D eigenvalue weighted by molar-refractivity contribution is 5.00. The van der Waals surface area contributed by atoms with Gasteiger partial charge >= 0.3 is 0 Å². The predicted molar refractivity (Wildman–Crippen MR) is 162 cm³/mol. The van der Waals surface area contributed by atoms with E-state index in [1.807, 2.05) is 0 Å². The van der Waals surface area contributed by atoms with Gasteiger partial charge in [0.15, 0.2) is 0 Å². The first-order chi connectivity index (χ1) is 17.8. The van der Waals surface area contributed by atoms with Crippen LogP contribution < -0.4 is 0 Å². The van der Waals surface area contributed by atoms with Crippen molar-refractivity contribution in [2.75, 3.05) is 0 Å². The van der Waals surface area contributed by atoms with Crippen molar-refractivity contribution in [2.24, 2.45) is 0 Å². The van der Waals surface area contributed by atoms with Crippen molar-refractivity contribution >= 4 is 0 Å². The summed E-state index contributed by atoms with van der Waals surface area (Å²) in [4.78, 5) is 0. The normalized spacial score (nSPS) is 12.1. The standard InChI is InChI=1S/C35H60O/c1-3-5-6-7-8-9-10-11-12-13-14-15-16-17-18-19-20-21-22-23-24-25-26-27-28-29-30-31-32-33-34-35(36)4-2/h2,19-20,23-24,35-36H,3,5-18,21-22,25-26,29-34H2,1H3. The Labute approximate surface area is 227 Å². The maximum Gasteiger partial charge on any atom is 0.114 e. The predicted octanol–water partition coefficient (Wildman–Crippen LogP) is 10.9. The molecule has 1 heteroatoms. The number of unbranched alkanes of at least 4 members (excludes halogenated alkanes) is 20. The molecule has 0 aliphatic rings. The van der Waals surface area contributed by atoms with E-state index < -0.39 is 6.10 Å². The van der Waals surface area contributed by atoms with E-state index in [2.05, 4.69) is 49.0 Å². The second kappa shape index (κ2) is 31.6. The van der Waals surface area contributed by atoms with Gasteiger partial charge < -0.3 is 5.11 Å². The van der Waals surface area contributed by atoms with E-state index in [1.54, 1.807) is 0 Å². The highest BCUT2D eigenvalue weighted by atomic mass is 16.3. The van der Waals surface area contributed by atoms with Gasteiger partial charge in [0.25, 0.3) is 0 Å². The summed E-state index contributed by atoms with van der Waals surface area (Å²) in [6.07, 6.45) is 45.8. The SMILES string of the molecule is C#CC(O)CCCCCCC#CCCC=CCCC=CCCCCCCCCCCCCCCCC. The van der Waals surface area contributed by atoms with Gasteiger partial charge in [0.1, 0.15) is 6.10 Å². The Morgan fingerprint density at radius 2 is 0.972 bits per heavy atom. The first-order valence-electron chi connectivity index (χ1n) is 15.7. The Bertz CT molecular complexity index is 582. The molecule has 0 heterocycles. The minimum Gasteiger partial charge on any atom is -0.380 e. The third-order valence-electron chi connectivity index (χ3n) is 6.84. The number of aliphatic hydroxyl groups excluding tert-OH is 1. The van der Waals surface area contributed by atoms with Crippen LogP contribution in [0.25, 0.3) is 0 Å². The van der Waals surface area contributed by atoms with Crippen LogP contribution in [0, 0.1) is 24.2 Å². The first-order valence-corrected chi connectivity index (χ1v) is 15.7. The van der Waals surface area contributed by atoms with Gasteiger partial charge in [-0.2, -0.15) is 0 Å². The summed E-state index contributed by atoms with van der Waals surface area (Å²) in [5.74, 6) is 8.93. The van der Waals surface area contributed by atoms with Crippen LogP contribution in [-0.4, -0.2) is 11.2 Å². The molecular weight excluding hydrogens is 436 g/mol. The number of rotatable bonds is 26. The Morgan fingerprint density at radius 1 is 0.528 bits per heavy atom. The van der Waals surface area contributed by atoms with Crippen LogP contribution in [0.15, 0.2) is 24.3 Å². The molecule has 0 saturated carbocycles. The van der Waals surface area contributed by atoms with Gasteiger partial charge in [-0.15, -0.1) is 18.3 Å². The lowest BCUT2D eigenvalue weighted by Crippen LogP contribution is -2.01. The van der Waals surface area contributed by atoms with Crippen molar-refractivity contribution in [1.82, 2.24) is 0 Å². The first kappa shape index (κ1) is 34.6. The molecule has 206 valence electrons. The van der Waals surface area contributed by atoms with Crippen LogP contribution in [0.5, 0.6) is 0 Å². The van der Waals surface area contributed by atoms with E-state index in [9.17, 15) is 5.11 Å². The van der Waals surface area contributed by atoms with E-state index >= 15 is 0 Å².